The van der Waals surface area contributed by atoms with Gasteiger partial charge in [-0.3, -0.25) is 9.59 Å². The number of amides is 2. The molecule has 2 amide bonds. The van der Waals surface area contributed by atoms with Gasteiger partial charge in [0.05, 0.1) is 0 Å². The molecule has 2 fully saturated rings. The van der Waals surface area contributed by atoms with E-state index in [4.69, 9.17) is 0 Å². The summed E-state index contributed by atoms with van der Waals surface area (Å²) < 4.78 is 0. The number of carbonyl (C=O) groups is 2. The Labute approximate surface area is 127 Å². The summed E-state index contributed by atoms with van der Waals surface area (Å²) in [6.07, 6.45) is 3.20. The largest absolute Gasteiger partial charge is 0.346 e. The standard InChI is InChI=1S/C14H25N3O2.ClH/c1-3-7-17(12-4-6-15-10-12)14(19)11-5-8-16(2)13(18)9-11;/h11-12,15H,3-10H2,1-2H3;1H. The normalized spacial score (nSPS) is 26.3. The van der Waals surface area contributed by atoms with Crippen molar-refractivity contribution < 1.29 is 9.59 Å². The van der Waals surface area contributed by atoms with Gasteiger partial charge in [0.1, 0.15) is 0 Å². The molecule has 0 saturated carbocycles. The van der Waals surface area contributed by atoms with Gasteiger partial charge in [-0.15, -0.1) is 12.4 Å². The molecule has 2 unspecified atom stereocenters. The lowest BCUT2D eigenvalue weighted by Crippen LogP contribution is -2.48. The molecule has 2 atom stereocenters. The molecule has 0 bridgehead atoms. The van der Waals surface area contributed by atoms with Gasteiger partial charge in [-0.2, -0.15) is 0 Å². The van der Waals surface area contributed by atoms with Crippen LogP contribution < -0.4 is 5.32 Å². The Bertz CT molecular complexity index is 345. The van der Waals surface area contributed by atoms with Crippen LogP contribution in [0, 0.1) is 5.92 Å². The fourth-order valence-corrected chi connectivity index (χ4v) is 3.01. The minimum absolute atomic E-state index is 0. The second kappa shape index (κ2) is 7.84. The van der Waals surface area contributed by atoms with Gasteiger partial charge in [0.2, 0.25) is 11.8 Å². The maximum absolute atomic E-state index is 12.7. The molecule has 0 aromatic rings. The van der Waals surface area contributed by atoms with E-state index in [1.807, 2.05) is 11.9 Å². The van der Waals surface area contributed by atoms with E-state index in [1.54, 1.807) is 4.90 Å². The number of piperidine rings is 1. The van der Waals surface area contributed by atoms with Crippen LogP contribution in [0.1, 0.15) is 32.6 Å². The lowest BCUT2D eigenvalue weighted by Gasteiger charge is -2.35. The van der Waals surface area contributed by atoms with E-state index in [2.05, 4.69) is 12.2 Å². The highest BCUT2D eigenvalue weighted by molar-refractivity contribution is 5.87. The van der Waals surface area contributed by atoms with Gasteiger partial charge in [0.25, 0.3) is 0 Å². The third-order valence-corrected chi connectivity index (χ3v) is 4.23. The summed E-state index contributed by atoms with van der Waals surface area (Å²) in [6, 6.07) is 0.321. The molecular formula is C14H26ClN3O2. The van der Waals surface area contributed by atoms with Crippen LogP contribution in [-0.2, 0) is 9.59 Å². The fourth-order valence-electron chi connectivity index (χ4n) is 3.01. The monoisotopic (exact) mass is 303 g/mol. The molecule has 116 valence electrons. The summed E-state index contributed by atoms with van der Waals surface area (Å²) in [5, 5.41) is 3.32. The van der Waals surface area contributed by atoms with E-state index in [0.717, 1.165) is 38.9 Å². The van der Waals surface area contributed by atoms with E-state index in [-0.39, 0.29) is 30.1 Å². The number of hydrogen-bond acceptors (Lipinski definition) is 3. The van der Waals surface area contributed by atoms with E-state index >= 15 is 0 Å². The van der Waals surface area contributed by atoms with Crippen LogP contribution in [0.25, 0.3) is 0 Å². The van der Waals surface area contributed by atoms with Crippen LogP contribution >= 0.6 is 12.4 Å². The van der Waals surface area contributed by atoms with Crippen molar-refractivity contribution in [1.29, 1.82) is 0 Å². The van der Waals surface area contributed by atoms with E-state index in [1.165, 1.54) is 0 Å². The molecule has 2 saturated heterocycles. The average Bonchev–Trinajstić information content (AvgIpc) is 2.92. The molecule has 2 rings (SSSR count). The summed E-state index contributed by atoms with van der Waals surface area (Å²) in [5.41, 5.74) is 0. The Hall–Kier alpha value is -0.810. The van der Waals surface area contributed by atoms with Gasteiger partial charge in [0.15, 0.2) is 0 Å². The van der Waals surface area contributed by atoms with Crippen molar-refractivity contribution in [3.8, 4) is 0 Å². The van der Waals surface area contributed by atoms with Crippen molar-refractivity contribution in [2.24, 2.45) is 5.92 Å². The predicted octanol–water partition coefficient (Wildman–Crippen LogP) is 0.877. The number of nitrogens with one attached hydrogen (secondary N) is 1. The number of carbonyl (C=O) groups excluding carboxylic acids is 2. The number of halogens is 1. The maximum Gasteiger partial charge on any atom is 0.226 e. The zero-order chi connectivity index (χ0) is 13.8. The minimum atomic E-state index is -0.101. The Morgan fingerprint density at radius 2 is 2.20 bits per heavy atom. The van der Waals surface area contributed by atoms with E-state index in [9.17, 15) is 9.59 Å². The molecule has 0 aromatic carbocycles. The highest BCUT2D eigenvalue weighted by Crippen LogP contribution is 2.22. The van der Waals surface area contributed by atoms with Crippen LogP contribution in [0.5, 0.6) is 0 Å². The number of hydrogen-bond donors (Lipinski definition) is 1. The molecule has 0 aromatic heterocycles. The first-order valence-corrected chi connectivity index (χ1v) is 7.38. The SMILES string of the molecule is CCCN(C(=O)C1CCN(C)C(=O)C1)C1CCNC1.Cl. The number of likely N-dealkylation sites (tertiary alicyclic amines) is 1. The molecule has 5 nitrogen and oxygen atoms in total. The van der Waals surface area contributed by atoms with Gasteiger partial charge in [-0.05, 0) is 25.8 Å². The van der Waals surface area contributed by atoms with Crippen molar-refractivity contribution in [2.45, 2.75) is 38.6 Å². The average molecular weight is 304 g/mol. The number of rotatable bonds is 4. The van der Waals surface area contributed by atoms with E-state index in [0.29, 0.717) is 19.0 Å². The van der Waals surface area contributed by atoms with Crippen molar-refractivity contribution in [3.63, 3.8) is 0 Å². The zero-order valence-electron chi connectivity index (χ0n) is 12.4. The summed E-state index contributed by atoms with van der Waals surface area (Å²) >= 11 is 0. The van der Waals surface area contributed by atoms with Crippen molar-refractivity contribution in [2.75, 3.05) is 33.2 Å². The van der Waals surface area contributed by atoms with Crippen molar-refractivity contribution in [3.05, 3.63) is 0 Å². The third kappa shape index (κ3) is 3.85. The third-order valence-electron chi connectivity index (χ3n) is 4.23. The molecule has 0 aliphatic carbocycles. The van der Waals surface area contributed by atoms with Gasteiger partial charge in [-0.1, -0.05) is 6.92 Å². The zero-order valence-corrected chi connectivity index (χ0v) is 13.2. The Morgan fingerprint density at radius 1 is 1.45 bits per heavy atom. The van der Waals surface area contributed by atoms with Crippen LogP contribution in [-0.4, -0.2) is 60.9 Å². The van der Waals surface area contributed by atoms with Crippen LogP contribution in [0.4, 0.5) is 0 Å². The topological polar surface area (TPSA) is 52.7 Å². The lowest BCUT2D eigenvalue weighted by molar-refractivity contribution is -0.145. The van der Waals surface area contributed by atoms with Gasteiger partial charge >= 0.3 is 0 Å². The van der Waals surface area contributed by atoms with Crippen molar-refractivity contribution >= 4 is 24.2 Å². The molecule has 2 aliphatic heterocycles. The molecule has 6 heteroatoms. The molecule has 0 spiro atoms. The second-order valence-corrected chi connectivity index (χ2v) is 5.68. The highest BCUT2D eigenvalue weighted by atomic mass is 35.5. The smallest absolute Gasteiger partial charge is 0.226 e. The van der Waals surface area contributed by atoms with Crippen LogP contribution in [0.2, 0.25) is 0 Å². The van der Waals surface area contributed by atoms with Gasteiger partial charge in [-0.25, -0.2) is 0 Å². The quantitative estimate of drug-likeness (QED) is 0.839. The summed E-state index contributed by atoms with van der Waals surface area (Å²) in [7, 11) is 1.81. The lowest BCUT2D eigenvalue weighted by atomic mass is 9.94. The first-order chi connectivity index (χ1) is 9.13. The first-order valence-electron chi connectivity index (χ1n) is 7.38. The van der Waals surface area contributed by atoms with Crippen LogP contribution in [0.15, 0.2) is 0 Å². The highest BCUT2D eigenvalue weighted by Gasteiger charge is 2.34. The Balaban J connectivity index is 0.00000200. The Morgan fingerprint density at radius 3 is 2.75 bits per heavy atom. The first kappa shape index (κ1) is 17.2. The van der Waals surface area contributed by atoms with Crippen molar-refractivity contribution in [1.82, 2.24) is 15.1 Å². The molecular weight excluding hydrogens is 278 g/mol. The molecule has 2 heterocycles. The summed E-state index contributed by atoms with van der Waals surface area (Å²) in [6.45, 7) is 5.50. The summed E-state index contributed by atoms with van der Waals surface area (Å²) in [5.74, 6) is 0.193. The van der Waals surface area contributed by atoms with E-state index < -0.39 is 0 Å². The molecule has 0 radical (unpaired) electrons. The van der Waals surface area contributed by atoms with Gasteiger partial charge < -0.3 is 15.1 Å². The number of nitrogens with zero attached hydrogens (tertiary/aromatic N) is 2. The second-order valence-electron chi connectivity index (χ2n) is 5.68. The summed E-state index contributed by atoms with van der Waals surface area (Å²) in [4.78, 5) is 28.2. The van der Waals surface area contributed by atoms with Gasteiger partial charge in [0, 0.05) is 45.1 Å². The predicted molar refractivity (Wildman–Crippen MR) is 80.9 cm³/mol. The Kier molecular flexibility index (Phi) is 6.76. The minimum Gasteiger partial charge on any atom is -0.346 e. The van der Waals surface area contributed by atoms with Crippen LogP contribution in [0.3, 0.4) is 0 Å². The fraction of sp³-hybridized carbons (Fsp3) is 0.857. The molecule has 20 heavy (non-hydrogen) atoms. The molecule has 2 aliphatic rings. The maximum atomic E-state index is 12.7. The molecule has 1 N–H and O–H groups in total.